The molecule has 7 heteroatoms. The van der Waals surface area contributed by atoms with E-state index in [1.807, 2.05) is 0 Å². The summed E-state index contributed by atoms with van der Waals surface area (Å²) in [5.41, 5.74) is 0.800. The standard InChI is InChI=1S/C13H15NO6/c1-5-2-9(20-13(5)18)19-4-7-6-3-8(15)11(16)10(6)14-12(7)17/h2,4,6,8-11,15-16H,3H2,1H3,(H,14,17)/b7-4+/t6-,8?,9-,10+,11?/m1/s1. The summed E-state index contributed by atoms with van der Waals surface area (Å²) in [6.07, 6.45) is 0.388. The molecule has 0 aromatic carbocycles. The van der Waals surface area contributed by atoms with Crippen LogP contribution in [0, 0.1) is 5.92 Å². The van der Waals surface area contributed by atoms with Crippen molar-refractivity contribution in [3.8, 4) is 0 Å². The number of carbonyl (C=O) groups excluding carboxylic acids is 2. The zero-order valence-corrected chi connectivity index (χ0v) is 10.8. The fourth-order valence-corrected chi connectivity index (χ4v) is 2.79. The molecule has 0 radical (unpaired) electrons. The molecule has 3 aliphatic rings. The van der Waals surface area contributed by atoms with E-state index in [1.54, 1.807) is 6.92 Å². The molecule has 2 aliphatic heterocycles. The van der Waals surface area contributed by atoms with Gasteiger partial charge in [0.05, 0.1) is 24.0 Å². The summed E-state index contributed by atoms with van der Waals surface area (Å²) in [6.45, 7) is 1.61. The van der Waals surface area contributed by atoms with E-state index in [0.717, 1.165) is 0 Å². The first kappa shape index (κ1) is 13.1. The van der Waals surface area contributed by atoms with E-state index in [-0.39, 0.29) is 11.8 Å². The normalized spacial score (nSPS) is 41.5. The lowest BCUT2D eigenvalue weighted by atomic mass is 9.99. The molecule has 2 fully saturated rings. The quantitative estimate of drug-likeness (QED) is 0.339. The molecule has 0 bridgehead atoms. The molecule has 3 N–H and O–H groups in total. The van der Waals surface area contributed by atoms with E-state index >= 15 is 0 Å². The van der Waals surface area contributed by atoms with Gasteiger partial charge in [0.15, 0.2) is 0 Å². The molecule has 5 atom stereocenters. The predicted octanol–water partition coefficient (Wildman–Crippen LogP) is -1.04. The summed E-state index contributed by atoms with van der Waals surface area (Å²) >= 11 is 0. The van der Waals surface area contributed by atoms with Crippen molar-refractivity contribution < 1.29 is 29.3 Å². The summed E-state index contributed by atoms with van der Waals surface area (Å²) in [5, 5.41) is 22.0. The maximum atomic E-state index is 11.8. The smallest absolute Gasteiger partial charge is 0.336 e. The average molecular weight is 281 g/mol. The Morgan fingerprint density at radius 2 is 2.20 bits per heavy atom. The van der Waals surface area contributed by atoms with Crippen LogP contribution in [0.3, 0.4) is 0 Å². The van der Waals surface area contributed by atoms with Gasteiger partial charge in [-0.1, -0.05) is 0 Å². The SMILES string of the molecule is CC1=C[C@H](O/C=C2/C(=O)N[C@@H]3C(O)C(O)C[C@H]23)OC1=O. The Hall–Kier alpha value is -1.86. The highest BCUT2D eigenvalue weighted by molar-refractivity contribution is 5.97. The number of rotatable bonds is 2. The zero-order chi connectivity index (χ0) is 14.4. The Labute approximate surface area is 114 Å². The first-order valence-electron chi connectivity index (χ1n) is 6.39. The molecule has 7 nitrogen and oxygen atoms in total. The fraction of sp³-hybridized carbons (Fsp3) is 0.538. The molecule has 2 unspecified atom stereocenters. The number of aliphatic hydroxyl groups excluding tert-OH is 2. The summed E-state index contributed by atoms with van der Waals surface area (Å²) < 4.78 is 10.2. The number of cyclic esters (lactones) is 1. The van der Waals surface area contributed by atoms with Gasteiger partial charge in [-0.15, -0.1) is 0 Å². The number of amides is 1. The molecule has 1 saturated heterocycles. The van der Waals surface area contributed by atoms with Crippen LogP contribution in [0.15, 0.2) is 23.5 Å². The van der Waals surface area contributed by atoms with Crippen LogP contribution < -0.4 is 5.32 Å². The fourth-order valence-electron chi connectivity index (χ4n) is 2.79. The molecule has 0 spiro atoms. The van der Waals surface area contributed by atoms with Crippen LogP contribution in [0.4, 0.5) is 0 Å². The molecule has 3 rings (SSSR count). The van der Waals surface area contributed by atoms with Gasteiger partial charge in [-0.3, -0.25) is 4.79 Å². The highest BCUT2D eigenvalue weighted by atomic mass is 16.7. The summed E-state index contributed by atoms with van der Waals surface area (Å²) in [4.78, 5) is 23.0. The van der Waals surface area contributed by atoms with Crippen molar-refractivity contribution in [3.05, 3.63) is 23.5 Å². The number of hydrogen-bond donors (Lipinski definition) is 3. The molecule has 20 heavy (non-hydrogen) atoms. The van der Waals surface area contributed by atoms with Crippen LogP contribution in [-0.4, -0.2) is 46.6 Å². The first-order chi connectivity index (χ1) is 9.47. The van der Waals surface area contributed by atoms with E-state index in [2.05, 4.69) is 5.32 Å². The Morgan fingerprint density at radius 3 is 2.85 bits per heavy atom. The molecule has 0 aromatic rings. The second kappa shape index (κ2) is 4.60. The number of esters is 1. The third-order valence-electron chi connectivity index (χ3n) is 3.91. The van der Waals surface area contributed by atoms with Gasteiger partial charge in [-0.2, -0.15) is 0 Å². The number of aliphatic hydroxyl groups is 2. The summed E-state index contributed by atoms with van der Waals surface area (Å²) in [5.74, 6) is -1.08. The minimum absolute atomic E-state index is 0.291. The van der Waals surface area contributed by atoms with E-state index in [0.29, 0.717) is 17.6 Å². The second-order valence-electron chi connectivity index (χ2n) is 5.23. The van der Waals surface area contributed by atoms with Crippen molar-refractivity contribution >= 4 is 11.9 Å². The van der Waals surface area contributed by atoms with Crippen LogP contribution >= 0.6 is 0 Å². The van der Waals surface area contributed by atoms with Crippen molar-refractivity contribution in [2.24, 2.45) is 5.92 Å². The molecule has 108 valence electrons. The van der Waals surface area contributed by atoms with Crippen molar-refractivity contribution in [2.45, 2.75) is 37.9 Å². The third-order valence-corrected chi connectivity index (χ3v) is 3.91. The number of hydrogen-bond acceptors (Lipinski definition) is 6. The highest BCUT2D eigenvalue weighted by Gasteiger charge is 2.50. The highest BCUT2D eigenvalue weighted by Crippen LogP contribution is 2.37. The topological polar surface area (TPSA) is 105 Å². The Kier molecular flexibility index (Phi) is 3.02. The lowest BCUT2D eigenvalue weighted by Crippen LogP contribution is -2.39. The van der Waals surface area contributed by atoms with Gasteiger partial charge in [-0.05, 0) is 13.3 Å². The lowest BCUT2D eigenvalue weighted by molar-refractivity contribution is -0.152. The zero-order valence-electron chi connectivity index (χ0n) is 10.8. The van der Waals surface area contributed by atoms with Crippen molar-refractivity contribution in [2.75, 3.05) is 0 Å². The van der Waals surface area contributed by atoms with Gasteiger partial charge in [-0.25, -0.2) is 4.79 Å². The minimum atomic E-state index is -0.971. The first-order valence-corrected chi connectivity index (χ1v) is 6.39. The van der Waals surface area contributed by atoms with Crippen LogP contribution in [-0.2, 0) is 19.1 Å². The third kappa shape index (κ3) is 1.99. The van der Waals surface area contributed by atoms with Gasteiger partial charge < -0.3 is 25.0 Å². The van der Waals surface area contributed by atoms with Gasteiger partial charge in [0.2, 0.25) is 0 Å². The number of ether oxygens (including phenoxy) is 2. The van der Waals surface area contributed by atoms with Gasteiger partial charge >= 0.3 is 5.97 Å². The predicted molar refractivity (Wildman–Crippen MR) is 64.9 cm³/mol. The minimum Gasteiger partial charge on any atom is -0.458 e. The number of nitrogens with one attached hydrogen (secondary N) is 1. The Balaban J connectivity index is 1.72. The number of carbonyl (C=O) groups is 2. The number of fused-ring (bicyclic) bond motifs is 1. The molecule has 1 amide bonds. The van der Waals surface area contributed by atoms with E-state index in [1.165, 1.54) is 12.3 Å². The average Bonchev–Trinajstić information content (AvgIpc) is 2.96. The van der Waals surface area contributed by atoms with Gasteiger partial charge in [0.1, 0.15) is 6.10 Å². The maximum Gasteiger partial charge on any atom is 0.336 e. The molecular weight excluding hydrogens is 266 g/mol. The molecule has 0 aromatic heterocycles. The monoisotopic (exact) mass is 281 g/mol. The Morgan fingerprint density at radius 1 is 1.45 bits per heavy atom. The molecule has 2 heterocycles. The summed E-state index contributed by atoms with van der Waals surface area (Å²) in [7, 11) is 0. The molecular formula is C13H15NO6. The van der Waals surface area contributed by atoms with Crippen LogP contribution in [0.2, 0.25) is 0 Å². The molecule has 1 saturated carbocycles. The van der Waals surface area contributed by atoms with Crippen LogP contribution in [0.25, 0.3) is 0 Å². The Bertz CT molecular complexity index is 525. The lowest BCUT2D eigenvalue weighted by Gasteiger charge is -2.13. The van der Waals surface area contributed by atoms with Crippen molar-refractivity contribution in [1.82, 2.24) is 5.32 Å². The van der Waals surface area contributed by atoms with E-state index in [9.17, 15) is 19.8 Å². The summed E-state index contributed by atoms with van der Waals surface area (Å²) in [6, 6.07) is -0.490. The van der Waals surface area contributed by atoms with E-state index < -0.39 is 30.5 Å². The van der Waals surface area contributed by atoms with Crippen LogP contribution in [0.5, 0.6) is 0 Å². The van der Waals surface area contributed by atoms with Crippen LogP contribution in [0.1, 0.15) is 13.3 Å². The molecule has 1 aliphatic carbocycles. The van der Waals surface area contributed by atoms with E-state index in [4.69, 9.17) is 9.47 Å². The van der Waals surface area contributed by atoms with Gasteiger partial charge in [0.25, 0.3) is 12.2 Å². The second-order valence-corrected chi connectivity index (χ2v) is 5.23. The van der Waals surface area contributed by atoms with Crippen molar-refractivity contribution in [3.63, 3.8) is 0 Å². The largest absolute Gasteiger partial charge is 0.458 e. The van der Waals surface area contributed by atoms with Gasteiger partial charge in [0, 0.05) is 17.6 Å². The maximum absolute atomic E-state index is 11.8. The van der Waals surface area contributed by atoms with Crippen molar-refractivity contribution in [1.29, 1.82) is 0 Å².